The smallest absolute Gasteiger partial charge is 0.315 e. The average Bonchev–Trinajstić information content (AvgIpc) is 2.82. The third-order valence-corrected chi connectivity index (χ3v) is 4.26. The maximum atomic E-state index is 12.0. The summed E-state index contributed by atoms with van der Waals surface area (Å²) in [5, 5.41) is 1.10. The van der Waals surface area contributed by atoms with Gasteiger partial charge in [0.2, 0.25) is 5.91 Å². The normalized spacial score (nSPS) is 10.2. The Morgan fingerprint density at radius 1 is 1.24 bits per heavy atom. The van der Waals surface area contributed by atoms with Crippen molar-refractivity contribution in [3.63, 3.8) is 0 Å². The van der Waals surface area contributed by atoms with Gasteiger partial charge in [-0.05, 0) is 6.07 Å². The van der Waals surface area contributed by atoms with Crippen LogP contribution in [0.25, 0.3) is 10.1 Å². The number of amides is 2. The minimum Gasteiger partial charge on any atom is -0.469 e. The van der Waals surface area contributed by atoms with Crippen LogP contribution in [0.1, 0.15) is 16.1 Å². The summed E-state index contributed by atoms with van der Waals surface area (Å²) in [6.07, 6.45) is -0.475. The summed E-state index contributed by atoms with van der Waals surface area (Å²) in [7, 11) is 1.17. The summed E-state index contributed by atoms with van der Waals surface area (Å²) in [6.45, 7) is 0. The van der Waals surface area contributed by atoms with Gasteiger partial charge in [0.15, 0.2) is 0 Å². The summed E-state index contributed by atoms with van der Waals surface area (Å²) in [5.41, 5.74) is 4.34. The number of carbonyl (C=O) groups is 3. The molecule has 110 valence electrons. The van der Waals surface area contributed by atoms with Crippen LogP contribution in [0.4, 0.5) is 0 Å². The van der Waals surface area contributed by atoms with Crippen molar-refractivity contribution >= 4 is 50.8 Å². The predicted octanol–water partition coefficient (Wildman–Crippen LogP) is 1.88. The van der Waals surface area contributed by atoms with Gasteiger partial charge in [-0.2, -0.15) is 0 Å². The van der Waals surface area contributed by atoms with Gasteiger partial charge < -0.3 is 4.74 Å². The molecule has 0 saturated heterocycles. The second kappa shape index (κ2) is 6.55. The van der Waals surface area contributed by atoms with Crippen LogP contribution in [0.3, 0.4) is 0 Å². The zero-order valence-corrected chi connectivity index (χ0v) is 12.5. The highest BCUT2D eigenvalue weighted by molar-refractivity contribution is 7.21. The summed E-state index contributed by atoms with van der Waals surface area (Å²) < 4.78 is 5.21. The molecule has 0 unspecified atom stereocenters. The van der Waals surface area contributed by atoms with Gasteiger partial charge >= 0.3 is 5.97 Å². The van der Waals surface area contributed by atoms with E-state index in [1.807, 2.05) is 18.2 Å². The standard InChI is InChI=1S/C13H11ClN2O4S/c1-20-10(18)6-9(17)15-16-13(19)12-11(14)7-4-2-3-5-8(7)21-12/h2-5H,6H2,1H3,(H,15,17)(H,16,19). The van der Waals surface area contributed by atoms with Crippen LogP contribution in [0, 0.1) is 0 Å². The van der Waals surface area contributed by atoms with E-state index >= 15 is 0 Å². The molecule has 0 aliphatic heterocycles. The molecule has 6 nitrogen and oxygen atoms in total. The SMILES string of the molecule is COC(=O)CC(=O)NNC(=O)c1sc2ccccc2c1Cl. The van der Waals surface area contributed by atoms with E-state index in [0.717, 1.165) is 10.1 Å². The van der Waals surface area contributed by atoms with E-state index in [1.165, 1.54) is 18.4 Å². The lowest BCUT2D eigenvalue weighted by Gasteiger charge is -2.05. The largest absolute Gasteiger partial charge is 0.469 e. The number of halogens is 1. The molecule has 0 fully saturated rings. The van der Waals surface area contributed by atoms with Crippen molar-refractivity contribution < 1.29 is 19.1 Å². The van der Waals surface area contributed by atoms with Crippen molar-refractivity contribution in [2.24, 2.45) is 0 Å². The molecule has 0 saturated carbocycles. The highest BCUT2D eigenvalue weighted by Crippen LogP contribution is 2.34. The predicted molar refractivity (Wildman–Crippen MR) is 79.1 cm³/mol. The first-order valence-electron chi connectivity index (χ1n) is 5.86. The van der Waals surface area contributed by atoms with Gasteiger partial charge in [-0.3, -0.25) is 25.2 Å². The van der Waals surface area contributed by atoms with Gasteiger partial charge in [-0.15, -0.1) is 11.3 Å². The van der Waals surface area contributed by atoms with Crippen molar-refractivity contribution in [2.45, 2.75) is 6.42 Å². The molecule has 0 bridgehead atoms. The van der Waals surface area contributed by atoms with E-state index in [9.17, 15) is 14.4 Å². The van der Waals surface area contributed by atoms with E-state index < -0.39 is 24.2 Å². The lowest BCUT2D eigenvalue weighted by Crippen LogP contribution is -2.42. The number of hydrazine groups is 1. The molecule has 2 N–H and O–H groups in total. The van der Waals surface area contributed by atoms with E-state index in [4.69, 9.17) is 11.6 Å². The fourth-order valence-electron chi connectivity index (χ4n) is 1.59. The molecule has 0 spiro atoms. The summed E-state index contributed by atoms with van der Waals surface area (Å²) in [4.78, 5) is 34.5. The fourth-order valence-corrected chi connectivity index (χ4v) is 3.00. The quantitative estimate of drug-likeness (QED) is 0.512. The third-order valence-electron chi connectivity index (χ3n) is 2.59. The molecule has 0 aliphatic rings. The van der Waals surface area contributed by atoms with E-state index in [2.05, 4.69) is 15.6 Å². The van der Waals surface area contributed by atoms with Crippen molar-refractivity contribution in [1.82, 2.24) is 10.9 Å². The monoisotopic (exact) mass is 326 g/mol. The number of rotatable bonds is 3. The molecule has 2 rings (SSSR count). The van der Waals surface area contributed by atoms with Crippen molar-refractivity contribution in [3.05, 3.63) is 34.2 Å². The van der Waals surface area contributed by atoms with Crippen molar-refractivity contribution in [2.75, 3.05) is 7.11 Å². The van der Waals surface area contributed by atoms with Gasteiger partial charge in [-0.1, -0.05) is 29.8 Å². The van der Waals surface area contributed by atoms with E-state index in [-0.39, 0.29) is 4.88 Å². The van der Waals surface area contributed by atoms with Crippen LogP contribution in [0.5, 0.6) is 0 Å². The number of benzene rings is 1. The number of ether oxygens (including phenoxy) is 1. The van der Waals surface area contributed by atoms with Gasteiger partial charge in [0.1, 0.15) is 11.3 Å². The Kier molecular flexibility index (Phi) is 4.77. The number of thiophene rings is 1. The Bertz CT molecular complexity index is 713. The first-order chi connectivity index (χ1) is 10.0. The second-order valence-electron chi connectivity index (χ2n) is 4.00. The molecule has 0 aliphatic carbocycles. The minimum absolute atomic E-state index is 0.288. The zero-order valence-electron chi connectivity index (χ0n) is 10.9. The maximum Gasteiger partial charge on any atom is 0.315 e. The highest BCUT2D eigenvalue weighted by atomic mass is 35.5. The molecule has 21 heavy (non-hydrogen) atoms. The van der Waals surface area contributed by atoms with Crippen LogP contribution < -0.4 is 10.9 Å². The minimum atomic E-state index is -0.693. The number of esters is 1. The Balaban J connectivity index is 2.04. The molecule has 8 heteroatoms. The zero-order chi connectivity index (χ0) is 15.4. The summed E-state index contributed by atoms with van der Waals surface area (Å²) >= 11 is 7.35. The Labute approximate surface area is 129 Å². The topological polar surface area (TPSA) is 84.5 Å². The van der Waals surface area contributed by atoms with Gasteiger partial charge in [0.25, 0.3) is 5.91 Å². The Morgan fingerprint density at radius 2 is 1.95 bits per heavy atom. The maximum absolute atomic E-state index is 12.0. The third kappa shape index (κ3) is 3.50. The van der Waals surface area contributed by atoms with Gasteiger partial charge in [-0.25, -0.2) is 0 Å². The van der Waals surface area contributed by atoms with Crippen LogP contribution in [0.2, 0.25) is 5.02 Å². The van der Waals surface area contributed by atoms with Crippen LogP contribution in [-0.4, -0.2) is 24.9 Å². The van der Waals surface area contributed by atoms with E-state index in [1.54, 1.807) is 6.07 Å². The van der Waals surface area contributed by atoms with Crippen LogP contribution in [-0.2, 0) is 14.3 Å². The molecule has 2 amide bonds. The summed E-state index contributed by atoms with van der Waals surface area (Å²) in [5.74, 6) is -1.91. The summed E-state index contributed by atoms with van der Waals surface area (Å²) in [6, 6.07) is 7.31. The van der Waals surface area contributed by atoms with E-state index in [0.29, 0.717) is 5.02 Å². The van der Waals surface area contributed by atoms with Crippen LogP contribution in [0.15, 0.2) is 24.3 Å². The molecular weight excluding hydrogens is 316 g/mol. The fraction of sp³-hybridized carbons (Fsp3) is 0.154. The molecule has 1 heterocycles. The molecule has 0 atom stereocenters. The van der Waals surface area contributed by atoms with Crippen molar-refractivity contribution in [3.8, 4) is 0 Å². The number of fused-ring (bicyclic) bond motifs is 1. The van der Waals surface area contributed by atoms with Crippen LogP contribution >= 0.6 is 22.9 Å². The number of methoxy groups -OCH3 is 1. The lowest BCUT2D eigenvalue weighted by molar-refractivity contribution is -0.144. The molecular formula is C13H11ClN2O4S. The van der Waals surface area contributed by atoms with Crippen molar-refractivity contribution in [1.29, 1.82) is 0 Å². The molecule has 1 aromatic carbocycles. The Morgan fingerprint density at radius 3 is 2.62 bits per heavy atom. The van der Waals surface area contributed by atoms with Gasteiger partial charge in [0, 0.05) is 10.1 Å². The molecule has 1 aromatic heterocycles. The lowest BCUT2D eigenvalue weighted by atomic mass is 10.2. The highest BCUT2D eigenvalue weighted by Gasteiger charge is 2.18. The Hall–Kier alpha value is -2.12. The average molecular weight is 327 g/mol. The number of hydrogen-bond donors (Lipinski definition) is 2. The first kappa shape index (κ1) is 15.3. The first-order valence-corrected chi connectivity index (χ1v) is 7.05. The number of hydrogen-bond acceptors (Lipinski definition) is 5. The number of nitrogens with one attached hydrogen (secondary N) is 2. The second-order valence-corrected chi connectivity index (χ2v) is 5.43. The molecule has 0 radical (unpaired) electrons. The van der Waals surface area contributed by atoms with Gasteiger partial charge in [0.05, 0.1) is 12.1 Å². The molecule has 2 aromatic rings. The number of carbonyl (C=O) groups excluding carboxylic acids is 3.